The molecule has 5 heteroatoms. The number of benzene rings is 2. The van der Waals surface area contributed by atoms with Gasteiger partial charge >= 0.3 is 0 Å². The van der Waals surface area contributed by atoms with Crippen LogP contribution in [0.5, 0.6) is 0 Å². The Morgan fingerprint density at radius 1 is 1.05 bits per heavy atom. The van der Waals surface area contributed by atoms with E-state index >= 15 is 0 Å². The summed E-state index contributed by atoms with van der Waals surface area (Å²) in [5, 5.41) is 9.66. The quantitative estimate of drug-likeness (QED) is 0.797. The van der Waals surface area contributed by atoms with Crippen molar-refractivity contribution in [2.75, 3.05) is 0 Å². The molecule has 1 aliphatic heterocycles. The summed E-state index contributed by atoms with van der Waals surface area (Å²) in [4.78, 5) is 2.02. The smallest absolute Gasteiger partial charge is 0.129 e. The molecule has 1 aliphatic rings. The minimum atomic E-state index is 0. The van der Waals surface area contributed by atoms with E-state index in [1.54, 1.807) is 0 Å². The van der Waals surface area contributed by atoms with E-state index in [9.17, 15) is 0 Å². The SMILES string of the molecule is Br.N=C1c2ccc(Cl)cc2CN1Cc1cccc(Cl)c1. The van der Waals surface area contributed by atoms with Crippen molar-refractivity contribution in [2.45, 2.75) is 13.1 Å². The van der Waals surface area contributed by atoms with Gasteiger partial charge in [-0.05, 0) is 41.5 Å². The van der Waals surface area contributed by atoms with Crippen LogP contribution in [0.15, 0.2) is 42.5 Å². The standard InChI is InChI=1S/C15H12Cl2N2.BrH/c16-12-3-1-2-10(6-12)8-19-9-11-7-13(17)4-5-14(11)15(19)18;/h1-7,18H,8-9H2;1H. The van der Waals surface area contributed by atoms with Crippen molar-refractivity contribution in [3.05, 3.63) is 69.2 Å². The van der Waals surface area contributed by atoms with Gasteiger partial charge in [-0.2, -0.15) is 0 Å². The second-order valence-corrected chi connectivity index (χ2v) is 5.51. The summed E-state index contributed by atoms with van der Waals surface area (Å²) in [6, 6.07) is 13.4. The first kappa shape index (κ1) is 15.4. The fourth-order valence-corrected chi connectivity index (χ4v) is 2.78. The van der Waals surface area contributed by atoms with E-state index in [0.717, 1.165) is 33.3 Å². The Bertz CT molecular complexity index is 658. The van der Waals surface area contributed by atoms with Crippen molar-refractivity contribution >= 4 is 46.0 Å². The van der Waals surface area contributed by atoms with E-state index in [-0.39, 0.29) is 17.0 Å². The minimum Gasteiger partial charge on any atom is -0.348 e. The number of fused-ring (bicyclic) bond motifs is 1. The van der Waals surface area contributed by atoms with E-state index in [1.165, 1.54) is 0 Å². The Labute approximate surface area is 138 Å². The maximum absolute atomic E-state index is 8.21. The van der Waals surface area contributed by atoms with Crippen LogP contribution in [0, 0.1) is 5.41 Å². The van der Waals surface area contributed by atoms with Crippen LogP contribution in [0.1, 0.15) is 16.7 Å². The van der Waals surface area contributed by atoms with Gasteiger partial charge in [-0.1, -0.05) is 35.3 Å². The number of rotatable bonds is 2. The van der Waals surface area contributed by atoms with Crippen LogP contribution < -0.4 is 0 Å². The number of amidine groups is 1. The molecular weight excluding hydrogens is 359 g/mol. The highest BCUT2D eigenvalue weighted by atomic mass is 79.9. The molecule has 0 radical (unpaired) electrons. The summed E-state index contributed by atoms with van der Waals surface area (Å²) in [5.74, 6) is 0.548. The van der Waals surface area contributed by atoms with Gasteiger partial charge in [0.25, 0.3) is 0 Å². The Morgan fingerprint density at radius 2 is 1.80 bits per heavy atom. The summed E-state index contributed by atoms with van der Waals surface area (Å²) in [6.07, 6.45) is 0. The summed E-state index contributed by atoms with van der Waals surface area (Å²) in [7, 11) is 0. The first-order chi connectivity index (χ1) is 9.13. The van der Waals surface area contributed by atoms with Crippen LogP contribution in [0.2, 0.25) is 10.0 Å². The molecule has 3 rings (SSSR count). The average molecular weight is 372 g/mol. The molecule has 0 aliphatic carbocycles. The van der Waals surface area contributed by atoms with Gasteiger partial charge in [0.2, 0.25) is 0 Å². The molecule has 2 nitrogen and oxygen atoms in total. The van der Waals surface area contributed by atoms with Crippen LogP contribution in [0.25, 0.3) is 0 Å². The Hall–Kier alpha value is -1.03. The van der Waals surface area contributed by atoms with Crippen LogP contribution in [0.4, 0.5) is 0 Å². The third-order valence-electron chi connectivity index (χ3n) is 3.26. The molecule has 1 N–H and O–H groups in total. The molecule has 0 unspecified atom stereocenters. The van der Waals surface area contributed by atoms with Gasteiger partial charge in [-0.3, -0.25) is 5.41 Å². The number of hydrogen-bond donors (Lipinski definition) is 1. The number of hydrogen-bond acceptors (Lipinski definition) is 1. The normalized spacial score (nSPS) is 13.1. The molecule has 1 heterocycles. The lowest BCUT2D eigenvalue weighted by molar-refractivity contribution is 0.422. The monoisotopic (exact) mass is 370 g/mol. The third-order valence-corrected chi connectivity index (χ3v) is 3.73. The lowest BCUT2D eigenvalue weighted by Gasteiger charge is -2.18. The molecule has 0 spiro atoms. The van der Waals surface area contributed by atoms with Gasteiger partial charge in [-0.25, -0.2) is 0 Å². The fourth-order valence-electron chi connectivity index (χ4n) is 2.37. The Morgan fingerprint density at radius 3 is 2.55 bits per heavy atom. The van der Waals surface area contributed by atoms with Gasteiger partial charge in [0.1, 0.15) is 5.84 Å². The molecule has 0 amide bonds. The summed E-state index contributed by atoms with van der Waals surface area (Å²) < 4.78 is 0. The maximum Gasteiger partial charge on any atom is 0.129 e. The molecule has 104 valence electrons. The van der Waals surface area contributed by atoms with Crippen molar-refractivity contribution in [2.24, 2.45) is 0 Å². The zero-order valence-electron chi connectivity index (χ0n) is 10.6. The zero-order valence-corrected chi connectivity index (χ0v) is 13.8. The van der Waals surface area contributed by atoms with Gasteiger partial charge in [0, 0.05) is 28.7 Å². The average Bonchev–Trinajstić information content (AvgIpc) is 2.66. The lowest BCUT2D eigenvalue weighted by Crippen LogP contribution is -2.23. The van der Waals surface area contributed by atoms with Crippen LogP contribution >= 0.6 is 40.2 Å². The van der Waals surface area contributed by atoms with E-state index < -0.39 is 0 Å². The third kappa shape index (κ3) is 3.00. The summed E-state index contributed by atoms with van der Waals surface area (Å²) in [6.45, 7) is 1.41. The molecule has 2 aromatic rings. The van der Waals surface area contributed by atoms with Crippen molar-refractivity contribution in [3.8, 4) is 0 Å². The molecule has 0 saturated carbocycles. The highest BCUT2D eigenvalue weighted by Crippen LogP contribution is 2.27. The lowest BCUT2D eigenvalue weighted by atomic mass is 10.1. The van der Waals surface area contributed by atoms with Gasteiger partial charge in [0.05, 0.1) is 0 Å². The first-order valence-corrected chi connectivity index (χ1v) is 6.76. The molecule has 0 saturated heterocycles. The molecule has 0 aromatic heterocycles. The van der Waals surface area contributed by atoms with E-state index in [0.29, 0.717) is 12.4 Å². The van der Waals surface area contributed by atoms with Gasteiger partial charge in [0.15, 0.2) is 0 Å². The number of nitrogens with zero attached hydrogens (tertiary/aromatic N) is 1. The largest absolute Gasteiger partial charge is 0.348 e. The second-order valence-electron chi connectivity index (χ2n) is 4.64. The first-order valence-electron chi connectivity index (χ1n) is 6.00. The van der Waals surface area contributed by atoms with Crippen LogP contribution in [0.3, 0.4) is 0 Å². The number of nitrogens with one attached hydrogen (secondary N) is 1. The zero-order chi connectivity index (χ0) is 13.4. The van der Waals surface area contributed by atoms with Gasteiger partial charge in [-0.15, -0.1) is 17.0 Å². The van der Waals surface area contributed by atoms with E-state index in [2.05, 4.69) is 0 Å². The van der Waals surface area contributed by atoms with Gasteiger partial charge < -0.3 is 4.90 Å². The summed E-state index contributed by atoms with van der Waals surface area (Å²) >= 11 is 12.0. The van der Waals surface area contributed by atoms with Crippen molar-refractivity contribution < 1.29 is 0 Å². The second kappa shape index (κ2) is 6.17. The van der Waals surface area contributed by atoms with Crippen molar-refractivity contribution in [1.29, 1.82) is 5.41 Å². The minimum absolute atomic E-state index is 0. The van der Waals surface area contributed by atoms with Crippen molar-refractivity contribution in [1.82, 2.24) is 4.90 Å². The topological polar surface area (TPSA) is 27.1 Å². The van der Waals surface area contributed by atoms with Crippen LogP contribution in [-0.2, 0) is 13.1 Å². The maximum atomic E-state index is 8.21. The summed E-state index contributed by atoms with van der Waals surface area (Å²) in [5.41, 5.74) is 3.18. The van der Waals surface area contributed by atoms with E-state index in [1.807, 2.05) is 47.4 Å². The highest BCUT2D eigenvalue weighted by Gasteiger charge is 2.24. The highest BCUT2D eigenvalue weighted by molar-refractivity contribution is 8.93. The molecule has 2 aromatic carbocycles. The molecular formula is C15H13BrCl2N2. The Balaban J connectivity index is 0.00000147. The molecule has 0 fully saturated rings. The molecule has 20 heavy (non-hydrogen) atoms. The fraction of sp³-hybridized carbons (Fsp3) is 0.133. The molecule has 0 atom stereocenters. The van der Waals surface area contributed by atoms with E-state index in [4.69, 9.17) is 28.6 Å². The number of halogens is 3. The molecule has 0 bridgehead atoms. The Kier molecular flexibility index (Phi) is 4.74. The van der Waals surface area contributed by atoms with Crippen molar-refractivity contribution in [3.63, 3.8) is 0 Å². The predicted molar refractivity (Wildman–Crippen MR) is 89.3 cm³/mol. The van der Waals surface area contributed by atoms with Crippen LogP contribution in [-0.4, -0.2) is 10.7 Å². The predicted octanol–water partition coefficient (Wildman–Crippen LogP) is 4.91.